The molecule has 4 nitrogen and oxygen atoms in total. The van der Waals surface area contributed by atoms with Gasteiger partial charge in [-0.05, 0) is 48.7 Å². The predicted molar refractivity (Wildman–Crippen MR) is 100 cm³/mol. The summed E-state index contributed by atoms with van der Waals surface area (Å²) in [5.41, 5.74) is 3.46. The molecule has 0 atom stereocenters. The number of nitrogens with zero attached hydrogens (tertiary/aromatic N) is 2. The Bertz CT molecular complexity index is 828. The summed E-state index contributed by atoms with van der Waals surface area (Å²) in [6.45, 7) is 5.03. The highest BCUT2D eigenvalue weighted by Crippen LogP contribution is 2.28. The van der Waals surface area contributed by atoms with Crippen LogP contribution in [0.1, 0.15) is 16.7 Å². The van der Waals surface area contributed by atoms with Gasteiger partial charge in [-0.25, -0.2) is 0 Å². The van der Waals surface area contributed by atoms with Gasteiger partial charge in [-0.15, -0.1) is 0 Å². The van der Waals surface area contributed by atoms with E-state index >= 15 is 0 Å². The molecule has 2 aromatic rings. The van der Waals surface area contributed by atoms with E-state index in [0.29, 0.717) is 29.7 Å². The number of hydrogen-bond donors (Lipinski definition) is 0. The minimum Gasteiger partial charge on any atom is -0.328 e. The molecule has 0 spiro atoms. The van der Waals surface area contributed by atoms with Crippen molar-refractivity contribution >= 4 is 40.7 Å². The maximum absolute atomic E-state index is 12.6. The van der Waals surface area contributed by atoms with Gasteiger partial charge in [0.2, 0.25) is 0 Å². The molecule has 130 valence electrons. The van der Waals surface area contributed by atoms with Crippen molar-refractivity contribution in [2.24, 2.45) is 0 Å². The molecular weight excluding hydrogens is 359 g/mol. The molecule has 1 fully saturated rings. The largest absolute Gasteiger partial charge is 0.328 e. The molecule has 0 bridgehead atoms. The van der Waals surface area contributed by atoms with E-state index in [1.807, 2.05) is 38.1 Å². The summed E-state index contributed by atoms with van der Waals surface area (Å²) < 4.78 is 0. The van der Waals surface area contributed by atoms with Gasteiger partial charge in [0.25, 0.3) is 0 Å². The van der Waals surface area contributed by atoms with Crippen molar-refractivity contribution in [1.82, 2.24) is 4.90 Å². The van der Waals surface area contributed by atoms with Crippen LogP contribution in [0.4, 0.5) is 5.69 Å². The van der Waals surface area contributed by atoms with Crippen molar-refractivity contribution in [3.63, 3.8) is 0 Å². The second kappa shape index (κ2) is 7.06. The Labute approximate surface area is 156 Å². The van der Waals surface area contributed by atoms with Crippen molar-refractivity contribution in [2.75, 3.05) is 18.0 Å². The van der Waals surface area contributed by atoms with Crippen LogP contribution in [0, 0.1) is 13.8 Å². The molecule has 6 heteroatoms. The molecule has 0 N–H and O–H groups in total. The SMILES string of the molecule is Cc1ccccc1N1CCN(Cc2c(C)cc(Cl)cc2Cl)C(=O)C1=O. The van der Waals surface area contributed by atoms with Gasteiger partial charge < -0.3 is 9.80 Å². The van der Waals surface area contributed by atoms with Crippen molar-refractivity contribution < 1.29 is 9.59 Å². The van der Waals surface area contributed by atoms with Crippen molar-refractivity contribution in [2.45, 2.75) is 20.4 Å². The van der Waals surface area contributed by atoms with Crippen LogP contribution >= 0.6 is 23.2 Å². The number of anilines is 1. The summed E-state index contributed by atoms with van der Waals surface area (Å²) in [4.78, 5) is 28.3. The van der Waals surface area contributed by atoms with E-state index in [0.717, 1.165) is 22.4 Å². The van der Waals surface area contributed by atoms with Crippen LogP contribution in [0.2, 0.25) is 10.0 Å². The number of carbonyl (C=O) groups is 2. The smallest absolute Gasteiger partial charge is 0.316 e. The first-order valence-electron chi connectivity index (χ1n) is 7.99. The number of amides is 2. The number of aryl methyl sites for hydroxylation is 2. The number of halogens is 2. The first-order valence-corrected chi connectivity index (χ1v) is 8.75. The van der Waals surface area contributed by atoms with Crippen LogP contribution in [0.3, 0.4) is 0 Å². The number of carbonyl (C=O) groups excluding carboxylic acids is 2. The molecule has 1 saturated heterocycles. The number of benzene rings is 2. The minimum absolute atomic E-state index is 0.300. The van der Waals surface area contributed by atoms with Crippen molar-refractivity contribution in [3.8, 4) is 0 Å². The Kier molecular flexibility index (Phi) is 5.02. The summed E-state index contributed by atoms with van der Waals surface area (Å²) in [5, 5.41) is 1.06. The first kappa shape index (κ1) is 17.8. The molecule has 1 heterocycles. The van der Waals surface area contributed by atoms with E-state index in [9.17, 15) is 9.59 Å². The lowest BCUT2D eigenvalue weighted by molar-refractivity contribution is -0.146. The Morgan fingerprint density at radius 1 is 0.960 bits per heavy atom. The van der Waals surface area contributed by atoms with Gasteiger partial charge in [-0.2, -0.15) is 0 Å². The third-order valence-corrected chi connectivity index (χ3v) is 5.00. The van der Waals surface area contributed by atoms with Gasteiger partial charge in [0, 0.05) is 35.4 Å². The molecule has 3 rings (SSSR count). The Morgan fingerprint density at radius 3 is 2.36 bits per heavy atom. The molecule has 0 saturated carbocycles. The number of para-hydroxylation sites is 1. The quantitative estimate of drug-likeness (QED) is 0.759. The summed E-state index contributed by atoms with van der Waals surface area (Å²) in [7, 11) is 0. The van der Waals surface area contributed by atoms with E-state index in [-0.39, 0.29) is 0 Å². The van der Waals surface area contributed by atoms with E-state index in [1.165, 1.54) is 0 Å². The van der Waals surface area contributed by atoms with Gasteiger partial charge in [0.05, 0.1) is 0 Å². The van der Waals surface area contributed by atoms with Gasteiger partial charge in [0.1, 0.15) is 0 Å². The number of rotatable bonds is 3. The average Bonchev–Trinajstić information content (AvgIpc) is 2.55. The fourth-order valence-corrected chi connectivity index (χ4v) is 3.70. The standard InChI is InChI=1S/C19H18Cl2N2O2/c1-12-5-3-4-6-17(12)23-8-7-22(18(24)19(23)25)11-15-13(2)9-14(20)10-16(15)21/h3-6,9-10H,7-8,11H2,1-2H3. The van der Waals surface area contributed by atoms with Crippen LogP contribution in [0.5, 0.6) is 0 Å². The van der Waals surface area contributed by atoms with Crippen LogP contribution < -0.4 is 4.90 Å². The van der Waals surface area contributed by atoms with E-state index < -0.39 is 11.8 Å². The molecule has 2 aromatic carbocycles. The summed E-state index contributed by atoms with van der Waals surface area (Å²) in [5.74, 6) is -1.02. The van der Waals surface area contributed by atoms with E-state index in [1.54, 1.807) is 21.9 Å². The molecule has 0 radical (unpaired) electrons. The second-order valence-corrected chi connectivity index (χ2v) is 7.00. The predicted octanol–water partition coefficient (Wildman–Crippen LogP) is 3.99. The van der Waals surface area contributed by atoms with Crippen molar-refractivity contribution in [1.29, 1.82) is 0 Å². The maximum atomic E-state index is 12.6. The number of hydrogen-bond acceptors (Lipinski definition) is 2. The fraction of sp³-hybridized carbons (Fsp3) is 0.263. The summed E-state index contributed by atoms with van der Waals surface area (Å²) >= 11 is 12.3. The van der Waals surface area contributed by atoms with E-state index in [4.69, 9.17) is 23.2 Å². The zero-order valence-corrected chi connectivity index (χ0v) is 15.6. The summed E-state index contributed by atoms with van der Waals surface area (Å²) in [6, 6.07) is 11.0. The van der Waals surface area contributed by atoms with Gasteiger partial charge in [-0.3, -0.25) is 9.59 Å². The van der Waals surface area contributed by atoms with Gasteiger partial charge in [-0.1, -0.05) is 41.4 Å². The zero-order valence-electron chi connectivity index (χ0n) is 14.1. The van der Waals surface area contributed by atoms with Gasteiger partial charge >= 0.3 is 11.8 Å². The summed E-state index contributed by atoms with van der Waals surface area (Å²) in [6.07, 6.45) is 0. The molecule has 2 amide bonds. The van der Waals surface area contributed by atoms with Crippen molar-refractivity contribution in [3.05, 3.63) is 63.1 Å². The highest BCUT2D eigenvalue weighted by atomic mass is 35.5. The zero-order chi connectivity index (χ0) is 18.1. The Morgan fingerprint density at radius 2 is 1.68 bits per heavy atom. The molecule has 1 aliphatic rings. The second-order valence-electron chi connectivity index (χ2n) is 6.15. The first-order chi connectivity index (χ1) is 11.9. The number of piperazine rings is 1. The molecule has 25 heavy (non-hydrogen) atoms. The van der Waals surface area contributed by atoms with Crippen LogP contribution in [-0.2, 0) is 16.1 Å². The lowest BCUT2D eigenvalue weighted by atomic mass is 10.1. The Hall–Kier alpha value is -2.04. The highest BCUT2D eigenvalue weighted by molar-refractivity contribution is 6.41. The van der Waals surface area contributed by atoms with Crippen LogP contribution in [0.25, 0.3) is 0 Å². The molecule has 1 aliphatic heterocycles. The fourth-order valence-electron chi connectivity index (χ4n) is 3.04. The van der Waals surface area contributed by atoms with Gasteiger partial charge in [0.15, 0.2) is 0 Å². The minimum atomic E-state index is -0.514. The molecular formula is C19H18Cl2N2O2. The third kappa shape index (κ3) is 3.51. The lowest BCUT2D eigenvalue weighted by Crippen LogP contribution is -2.54. The molecule has 0 aliphatic carbocycles. The monoisotopic (exact) mass is 376 g/mol. The van der Waals surface area contributed by atoms with E-state index in [2.05, 4.69) is 0 Å². The lowest BCUT2D eigenvalue weighted by Gasteiger charge is -2.34. The van der Waals surface area contributed by atoms with Crippen LogP contribution in [0.15, 0.2) is 36.4 Å². The highest BCUT2D eigenvalue weighted by Gasteiger charge is 2.34. The molecule has 0 aromatic heterocycles. The third-order valence-electron chi connectivity index (χ3n) is 4.45. The average molecular weight is 377 g/mol. The Balaban J connectivity index is 1.81. The maximum Gasteiger partial charge on any atom is 0.316 e. The topological polar surface area (TPSA) is 40.6 Å². The molecule has 0 unspecified atom stereocenters. The van der Waals surface area contributed by atoms with Crippen LogP contribution in [-0.4, -0.2) is 29.8 Å². The normalized spacial score (nSPS) is 15.0.